The van der Waals surface area contributed by atoms with Gasteiger partial charge in [-0.2, -0.15) is 0 Å². The minimum absolute atomic E-state index is 0.00231. The van der Waals surface area contributed by atoms with Crippen molar-refractivity contribution in [2.24, 2.45) is 0 Å². The van der Waals surface area contributed by atoms with Crippen molar-refractivity contribution in [2.45, 2.75) is 52.1 Å². The summed E-state index contributed by atoms with van der Waals surface area (Å²) in [6.07, 6.45) is 4.27. The SMILES string of the molecule is CCN1C(=O)N2Cc3cc(OC)cc(OC)c3CC=C2C12CCN(C(=O)c1cc(C)oc1C)CC2. The first-order valence-corrected chi connectivity index (χ1v) is 12.2. The number of fused-ring (bicyclic) bond motifs is 3. The van der Waals surface area contributed by atoms with Gasteiger partial charge < -0.3 is 23.7 Å². The van der Waals surface area contributed by atoms with Crippen LogP contribution in [0.5, 0.6) is 11.5 Å². The van der Waals surface area contributed by atoms with Gasteiger partial charge in [0.2, 0.25) is 0 Å². The first kappa shape index (κ1) is 23.3. The van der Waals surface area contributed by atoms with Crippen molar-refractivity contribution in [3.05, 3.63) is 58.2 Å². The first-order chi connectivity index (χ1) is 16.8. The summed E-state index contributed by atoms with van der Waals surface area (Å²) in [4.78, 5) is 32.7. The van der Waals surface area contributed by atoms with Crippen LogP contribution in [0, 0.1) is 13.8 Å². The monoisotopic (exact) mass is 479 g/mol. The maximum Gasteiger partial charge on any atom is 0.325 e. The van der Waals surface area contributed by atoms with E-state index in [9.17, 15) is 9.59 Å². The van der Waals surface area contributed by atoms with Crippen LogP contribution in [0.3, 0.4) is 0 Å². The number of likely N-dealkylation sites (N-methyl/N-ethyl adjacent to an activating group) is 1. The Morgan fingerprint density at radius 1 is 1.11 bits per heavy atom. The quantitative estimate of drug-likeness (QED) is 0.654. The number of piperidine rings is 1. The van der Waals surface area contributed by atoms with Crippen molar-refractivity contribution in [3.8, 4) is 11.5 Å². The Hall–Kier alpha value is -3.42. The number of urea groups is 1. The van der Waals surface area contributed by atoms with E-state index in [1.165, 1.54) is 0 Å². The Kier molecular flexibility index (Phi) is 5.77. The number of aryl methyl sites for hydroxylation is 2. The molecule has 2 fully saturated rings. The highest BCUT2D eigenvalue weighted by Gasteiger charge is 2.54. The Labute approximate surface area is 206 Å². The molecule has 3 aliphatic heterocycles. The van der Waals surface area contributed by atoms with Gasteiger partial charge in [-0.05, 0) is 57.7 Å². The van der Waals surface area contributed by atoms with E-state index in [-0.39, 0.29) is 11.9 Å². The molecule has 0 saturated carbocycles. The second kappa shape index (κ2) is 8.66. The molecule has 0 aliphatic carbocycles. The van der Waals surface area contributed by atoms with Gasteiger partial charge in [-0.25, -0.2) is 4.79 Å². The number of hydrogen-bond acceptors (Lipinski definition) is 5. The largest absolute Gasteiger partial charge is 0.497 e. The molecule has 3 amide bonds. The number of likely N-dealkylation sites (tertiary alicyclic amines) is 1. The van der Waals surface area contributed by atoms with Crippen molar-refractivity contribution >= 4 is 11.9 Å². The molecule has 2 saturated heterocycles. The van der Waals surface area contributed by atoms with Crippen LogP contribution < -0.4 is 9.47 Å². The van der Waals surface area contributed by atoms with Crippen molar-refractivity contribution in [3.63, 3.8) is 0 Å². The van der Waals surface area contributed by atoms with Gasteiger partial charge >= 0.3 is 6.03 Å². The van der Waals surface area contributed by atoms with E-state index in [4.69, 9.17) is 13.9 Å². The molecule has 0 atom stereocenters. The molecular weight excluding hydrogens is 446 g/mol. The van der Waals surface area contributed by atoms with E-state index in [1.807, 2.05) is 53.7 Å². The Morgan fingerprint density at radius 3 is 2.46 bits per heavy atom. The van der Waals surface area contributed by atoms with E-state index >= 15 is 0 Å². The molecule has 3 aliphatic rings. The zero-order valence-electron chi connectivity index (χ0n) is 21.1. The van der Waals surface area contributed by atoms with Crippen LogP contribution in [0.4, 0.5) is 4.79 Å². The molecule has 35 heavy (non-hydrogen) atoms. The van der Waals surface area contributed by atoms with E-state index in [2.05, 4.69) is 6.08 Å². The van der Waals surface area contributed by atoms with Crippen LogP contribution in [0.25, 0.3) is 0 Å². The summed E-state index contributed by atoms with van der Waals surface area (Å²) in [5.41, 5.74) is 3.37. The molecule has 1 aromatic carbocycles. The molecule has 1 spiro atoms. The number of hydrogen-bond donors (Lipinski definition) is 0. The first-order valence-electron chi connectivity index (χ1n) is 12.2. The number of allylic oxidation sites excluding steroid dienone is 1. The van der Waals surface area contributed by atoms with Crippen LogP contribution in [-0.2, 0) is 13.0 Å². The number of carbonyl (C=O) groups excluding carboxylic acids is 2. The zero-order chi connectivity index (χ0) is 24.9. The smallest absolute Gasteiger partial charge is 0.325 e. The number of furan rings is 1. The third kappa shape index (κ3) is 3.58. The number of rotatable bonds is 4. The van der Waals surface area contributed by atoms with Crippen LogP contribution in [0.2, 0.25) is 0 Å². The minimum atomic E-state index is -0.413. The van der Waals surface area contributed by atoms with Gasteiger partial charge in [0.05, 0.1) is 31.9 Å². The van der Waals surface area contributed by atoms with Gasteiger partial charge in [-0.3, -0.25) is 9.69 Å². The normalized spacial score (nSPS) is 18.8. The lowest BCUT2D eigenvalue weighted by atomic mass is 9.83. The Balaban J connectivity index is 1.45. The van der Waals surface area contributed by atoms with Crippen molar-refractivity contribution < 1.29 is 23.5 Å². The number of amides is 3. The van der Waals surface area contributed by atoms with Gasteiger partial charge in [-0.15, -0.1) is 0 Å². The molecule has 8 heteroatoms. The number of nitrogens with zero attached hydrogens (tertiary/aromatic N) is 3. The van der Waals surface area contributed by atoms with Crippen molar-refractivity contribution in [1.82, 2.24) is 14.7 Å². The third-order valence-electron chi connectivity index (χ3n) is 7.77. The van der Waals surface area contributed by atoms with Crippen molar-refractivity contribution in [2.75, 3.05) is 33.9 Å². The predicted molar refractivity (Wildman–Crippen MR) is 131 cm³/mol. The molecule has 0 radical (unpaired) electrons. The zero-order valence-corrected chi connectivity index (χ0v) is 21.1. The second-order valence-corrected chi connectivity index (χ2v) is 9.52. The minimum Gasteiger partial charge on any atom is -0.497 e. The summed E-state index contributed by atoms with van der Waals surface area (Å²) in [6, 6.07) is 5.73. The standard InChI is InChI=1S/C27H33N3O5/c1-6-30-26(32)29-16-19-14-20(33-4)15-23(34-5)21(19)7-8-24(29)27(30)9-11-28(12-10-27)25(31)22-13-17(2)35-18(22)3/h8,13-15H,6-7,9-12,16H2,1-5H3. The van der Waals surface area contributed by atoms with Crippen molar-refractivity contribution in [1.29, 1.82) is 0 Å². The summed E-state index contributed by atoms with van der Waals surface area (Å²) in [5, 5.41) is 0. The lowest BCUT2D eigenvalue weighted by Gasteiger charge is -2.44. The predicted octanol–water partition coefficient (Wildman–Crippen LogP) is 4.29. The van der Waals surface area contributed by atoms with Gasteiger partial charge in [0.25, 0.3) is 5.91 Å². The number of benzene rings is 1. The highest BCUT2D eigenvalue weighted by molar-refractivity contribution is 5.95. The highest BCUT2D eigenvalue weighted by Crippen LogP contribution is 2.47. The molecule has 0 N–H and O–H groups in total. The maximum absolute atomic E-state index is 13.7. The fraction of sp³-hybridized carbons (Fsp3) is 0.481. The fourth-order valence-electron chi connectivity index (χ4n) is 6.05. The highest BCUT2D eigenvalue weighted by atomic mass is 16.5. The van der Waals surface area contributed by atoms with Gasteiger partial charge in [0.15, 0.2) is 0 Å². The second-order valence-electron chi connectivity index (χ2n) is 9.52. The van der Waals surface area contributed by atoms with Crippen LogP contribution in [0.1, 0.15) is 52.8 Å². The Morgan fingerprint density at radius 2 is 1.86 bits per heavy atom. The maximum atomic E-state index is 13.7. The lowest BCUT2D eigenvalue weighted by molar-refractivity contribution is 0.0574. The third-order valence-corrected chi connectivity index (χ3v) is 7.77. The summed E-state index contributed by atoms with van der Waals surface area (Å²) >= 11 is 0. The average molecular weight is 480 g/mol. The van der Waals surface area contributed by atoms with E-state index in [0.29, 0.717) is 62.5 Å². The molecule has 8 nitrogen and oxygen atoms in total. The molecular formula is C27H33N3O5. The summed E-state index contributed by atoms with van der Waals surface area (Å²) in [7, 11) is 3.30. The average Bonchev–Trinajstić information content (AvgIpc) is 3.20. The molecule has 1 aromatic heterocycles. The number of ether oxygens (including phenoxy) is 2. The van der Waals surface area contributed by atoms with Crippen LogP contribution >= 0.6 is 0 Å². The molecule has 0 bridgehead atoms. The fourth-order valence-corrected chi connectivity index (χ4v) is 6.05. The summed E-state index contributed by atoms with van der Waals surface area (Å²) in [5.74, 6) is 2.88. The Bertz CT molecular complexity index is 1210. The summed E-state index contributed by atoms with van der Waals surface area (Å²) < 4.78 is 16.7. The molecule has 186 valence electrons. The van der Waals surface area contributed by atoms with Crippen LogP contribution in [-0.4, -0.2) is 66.0 Å². The topological polar surface area (TPSA) is 75.5 Å². The van der Waals surface area contributed by atoms with Crippen LogP contribution in [0.15, 0.2) is 34.4 Å². The molecule has 4 heterocycles. The lowest BCUT2D eigenvalue weighted by Crippen LogP contribution is -2.54. The summed E-state index contributed by atoms with van der Waals surface area (Å²) in [6.45, 7) is 7.98. The number of carbonyl (C=O) groups is 2. The van der Waals surface area contributed by atoms with Gasteiger partial charge in [0.1, 0.15) is 23.0 Å². The van der Waals surface area contributed by atoms with E-state index < -0.39 is 5.54 Å². The van der Waals surface area contributed by atoms with Gasteiger partial charge in [0, 0.05) is 37.0 Å². The molecule has 2 aromatic rings. The number of methoxy groups -OCH3 is 2. The van der Waals surface area contributed by atoms with Gasteiger partial charge in [-0.1, -0.05) is 6.08 Å². The van der Waals surface area contributed by atoms with E-state index in [0.717, 1.165) is 28.3 Å². The molecule has 5 rings (SSSR count). The van der Waals surface area contributed by atoms with E-state index in [1.54, 1.807) is 14.2 Å². The molecule has 0 unspecified atom stereocenters.